The van der Waals surface area contributed by atoms with Gasteiger partial charge in [-0.15, -0.1) is 0 Å². The Morgan fingerprint density at radius 1 is 1.24 bits per heavy atom. The van der Waals surface area contributed by atoms with E-state index in [0.29, 0.717) is 48.6 Å². The summed E-state index contributed by atoms with van der Waals surface area (Å²) in [5.74, 6) is 0.0327. The molecule has 8 heteroatoms. The number of benzene rings is 1. The molecule has 4 rings (SSSR count). The normalized spacial score (nSPS) is 21.4. The topological polar surface area (TPSA) is 87.0 Å². The van der Waals surface area contributed by atoms with Gasteiger partial charge in [0.05, 0.1) is 11.9 Å². The predicted molar refractivity (Wildman–Crippen MR) is 148 cm³/mol. The van der Waals surface area contributed by atoms with E-state index in [1.807, 2.05) is 11.9 Å². The lowest BCUT2D eigenvalue weighted by molar-refractivity contribution is -0.0560. The van der Waals surface area contributed by atoms with Crippen LogP contribution in [0.4, 0.5) is 9.18 Å². The van der Waals surface area contributed by atoms with Crippen LogP contribution in [0.5, 0.6) is 0 Å². The number of carbonyl (C=O) groups excluding carboxylic acids is 1. The molecule has 1 aromatic carbocycles. The molecule has 7 nitrogen and oxygen atoms in total. The van der Waals surface area contributed by atoms with Crippen LogP contribution in [-0.2, 0) is 10.3 Å². The lowest BCUT2D eigenvalue weighted by atomic mass is 9.73. The van der Waals surface area contributed by atoms with Crippen LogP contribution in [0.3, 0.4) is 0 Å². The third-order valence-corrected chi connectivity index (χ3v) is 8.64. The summed E-state index contributed by atoms with van der Waals surface area (Å²) in [6.45, 7) is 2.41. The molecule has 1 aromatic heterocycles. The van der Waals surface area contributed by atoms with E-state index in [4.69, 9.17) is 9.15 Å². The lowest BCUT2D eigenvalue weighted by Gasteiger charge is -2.43. The number of unbranched alkanes of at least 4 members (excludes halogenated alkanes) is 1. The van der Waals surface area contributed by atoms with Gasteiger partial charge in [-0.05, 0) is 69.7 Å². The monoisotopic (exact) mass is 531 g/mol. The summed E-state index contributed by atoms with van der Waals surface area (Å²) in [6.07, 6.45) is 12.4. The van der Waals surface area contributed by atoms with Crippen LogP contribution in [0.25, 0.3) is 11.0 Å². The van der Waals surface area contributed by atoms with Crippen molar-refractivity contribution in [2.24, 2.45) is 11.8 Å². The number of furan rings is 1. The van der Waals surface area contributed by atoms with Gasteiger partial charge in [0.2, 0.25) is 0 Å². The highest BCUT2D eigenvalue weighted by Gasteiger charge is 2.43. The molecular formula is C30H46FN3O4. The fourth-order valence-corrected chi connectivity index (χ4v) is 6.65. The zero-order chi connectivity index (χ0) is 27.0. The maximum Gasteiger partial charge on any atom is 0.317 e. The number of halogens is 1. The number of methoxy groups -OCH3 is 1. The number of carbonyl (C=O) groups is 1. The number of urea groups is 1. The molecule has 0 radical (unpaired) electrons. The van der Waals surface area contributed by atoms with Crippen molar-refractivity contribution >= 4 is 17.0 Å². The van der Waals surface area contributed by atoms with E-state index in [9.17, 15) is 14.3 Å². The Bertz CT molecular complexity index is 1020. The van der Waals surface area contributed by atoms with Crippen molar-refractivity contribution in [3.63, 3.8) is 0 Å². The largest absolute Gasteiger partial charge is 0.464 e. The quantitative estimate of drug-likeness (QED) is 0.312. The number of nitrogens with one attached hydrogen (secondary N) is 2. The van der Waals surface area contributed by atoms with Crippen molar-refractivity contribution in [1.82, 2.24) is 15.5 Å². The van der Waals surface area contributed by atoms with Gasteiger partial charge in [0.25, 0.3) is 0 Å². The van der Waals surface area contributed by atoms with Crippen LogP contribution in [-0.4, -0.2) is 62.5 Å². The summed E-state index contributed by atoms with van der Waals surface area (Å²) < 4.78 is 25.6. The molecule has 1 aliphatic carbocycles. The van der Waals surface area contributed by atoms with Crippen LogP contribution in [0.1, 0.15) is 76.2 Å². The number of likely N-dealkylation sites (tertiary alicyclic amines) is 1. The number of piperidine rings is 1. The number of ether oxygens (including phenoxy) is 1. The maximum absolute atomic E-state index is 14.7. The second-order valence-electron chi connectivity index (χ2n) is 11.4. The summed E-state index contributed by atoms with van der Waals surface area (Å²) in [5.41, 5.74) is -0.325. The fraction of sp³-hybridized carbons (Fsp3) is 0.700. The zero-order valence-corrected chi connectivity index (χ0v) is 23.1. The molecule has 3 atom stereocenters. The molecule has 1 saturated carbocycles. The Morgan fingerprint density at radius 2 is 2.05 bits per heavy atom. The first-order chi connectivity index (χ1) is 18.4. The first-order valence-corrected chi connectivity index (χ1v) is 14.5. The van der Waals surface area contributed by atoms with Crippen LogP contribution in [0, 0.1) is 17.7 Å². The average Bonchev–Trinajstić information content (AvgIpc) is 3.39. The van der Waals surface area contributed by atoms with Crippen molar-refractivity contribution < 1.29 is 23.4 Å². The molecule has 2 fully saturated rings. The lowest BCUT2D eigenvalue weighted by Crippen LogP contribution is -2.54. The second kappa shape index (κ2) is 13.8. The molecule has 212 valence electrons. The van der Waals surface area contributed by atoms with E-state index >= 15 is 0 Å². The Kier molecular flexibility index (Phi) is 10.4. The Hall–Kier alpha value is -2.16. The van der Waals surface area contributed by atoms with Crippen LogP contribution < -0.4 is 10.6 Å². The first-order valence-electron chi connectivity index (χ1n) is 14.5. The molecule has 1 unspecified atom stereocenters. The standard InChI is InChI=1S/C30H46FN3O4/c1-32-20-26(17-22-9-4-3-5-10-22)33-29(35)34-14-8-11-24(21-34)30(36,13-6-7-15-37-2)27-19-25(31)18-23-12-16-38-28(23)27/h12,16,18-19,22,24,26,32,36H,3-11,13-15,17,20-21H2,1-2H3,(H,33,35)/t24-,26?,30+/m1/s1. The summed E-state index contributed by atoms with van der Waals surface area (Å²) in [5, 5.41) is 19.5. The van der Waals surface area contributed by atoms with Crippen molar-refractivity contribution in [1.29, 1.82) is 0 Å². The van der Waals surface area contributed by atoms with E-state index in [2.05, 4.69) is 10.6 Å². The smallest absolute Gasteiger partial charge is 0.317 e. The molecule has 2 aliphatic rings. The first kappa shape index (κ1) is 28.8. The highest BCUT2D eigenvalue weighted by Crippen LogP contribution is 2.43. The second-order valence-corrected chi connectivity index (χ2v) is 11.4. The minimum atomic E-state index is -1.32. The van der Waals surface area contributed by atoms with Gasteiger partial charge in [0.15, 0.2) is 0 Å². The Labute approximate surface area is 226 Å². The van der Waals surface area contributed by atoms with Gasteiger partial charge in [-0.2, -0.15) is 0 Å². The third-order valence-electron chi connectivity index (χ3n) is 8.64. The minimum absolute atomic E-state index is 0.0742. The molecule has 2 amide bonds. The maximum atomic E-state index is 14.7. The van der Waals surface area contributed by atoms with Crippen molar-refractivity contribution in [3.05, 3.63) is 35.8 Å². The number of rotatable bonds is 12. The van der Waals surface area contributed by atoms with Gasteiger partial charge in [-0.1, -0.05) is 32.1 Å². The zero-order valence-electron chi connectivity index (χ0n) is 23.1. The van der Waals surface area contributed by atoms with Crippen LogP contribution in [0.15, 0.2) is 28.9 Å². The van der Waals surface area contributed by atoms with Gasteiger partial charge in [-0.25, -0.2) is 9.18 Å². The van der Waals surface area contributed by atoms with E-state index < -0.39 is 11.4 Å². The SMILES string of the molecule is CNCC(CC1CCCCC1)NC(=O)N1CCC[C@@H]([C@@](O)(CCCCOC)c2cc(F)cc3ccoc23)C1. The molecule has 0 spiro atoms. The molecule has 2 aromatic rings. The minimum Gasteiger partial charge on any atom is -0.464 e. The highest BCUT2D eigenvalue weighted by molar-refractivity contribution is 5.81. The third kappa shape index (κ3) is 7.07. The summed E-state index contributed by atoms with van der Waals surface area (Å²) >= 11 is 0. The van der Waals surface area contributed by atoms with Crippen LogP contribution in [0.2, 0.25) is 0 Å². The van der Waals surface area contributed by atoms with Gasteiger partial charge < -0.3 is 29.8 Å². The number of nitrogens with zero attached hydrogens (tertiary/aromatic N) is 1. The summed E-state index contributed by atoms with van der Waals surface area (Å²) in [6, 6.07) is 4.57. The number of fused-ring (bicyclic) bond motifs is 1. The van der Waals surface area contributed by atoms with Crippen molar-refractivity contribution in [2.75, 3.05) is 40.4 Å². The van der Waals surface area contributed by atoms with Gasteiger partial charge in [0.1, 0.15) is 11.4 Å². The number of hydrogen-bond acceptors (Lipinski definition) is 5. The van der Waals surface area contributed by atoms with E-state index in [-0.39, 0.29) is 18.0 Å². The molecule has 2 heterocycles. The molecule has 1 saturated heterocycles. The number of amides is 2. The van der Waals surface area contributed by atoms with Gasteiger partial charge in [0, 0.05) is 56.3 Å². The average molecular weight is 532 g/mol. The Balaban J connectivity index is 1.51. The van der Waals surface area contributed by atoms with Crippen LogP contribution >= 0.6 is 0 Å². The van der Waals surface area contributed by atoms with E-state index in [0.717, 1.165) is 38.6 Å². The molecule has 38 heavy (non-hydrogen) atoms. The fourth-order valence-electron chi connectivity index (χ4n) is 6.65. The van der Waals surface area contributed by atoms with Crippen molar-refractivity contribution in [3.8, 4) is 0 Å². The van der Waals surface area contributed by atoms with Gasteiger partial charge >= 0.3 is 6.03 Å². The summed E-state index contributed by atoms with van der Waals surface area (Å²) in [4.78, 5) is 15.3. The molecular weight excluding hydrogens is 485 g/mol. The van der Waals surface area contributed by atoms with E-state index in [1.54, 1.807) is 13.2 Å². The van der Waals surface area contributed by atoms with Crippen molar-refractivity contribution in [2.45, 2.75) is 82.3 Å². The highest BCUT2D eigenvalue weighted by atomic mass is 19.1. The number of hydrogen-bond donors (Lipinski definition) is 3. The summed E-state index contributed by atoms with van der Waals surface area (Å²) in [7, 11) is 3.59. The number of aliphatic hydroxyl groups is 1. The predicted octanol–water partition coefficient (Wildman–Crippen LogP) is 5.56. The molecule has 3 N–H and O–H groups in total. The molecule has 0 bridgehead atoms. The molecule has 1 aliphatic heterocycles. The number of likely N-dealkylation sites (N-methyl/N-ethyl adjacent to an activating group) is 1. The Morgan fingerprint density at radius 3 is 2.82 bits per heavy atom. The van der Waals surface area contributed by atoms with Gasteiger partial charge in [-0.3, -0.25) is 0 Å². The van der Waals surface area contributed by atoms with E-state index in [1.165, 1.54) is 50.5 Å².